The summed E-state index contributed by atoms with van der Waals surface area (Å²) < 4.78 is 91.6. The quantitative estimate of drug-likeness (QED) is 0.218. The number of H-pyrrole nitrogens is 1. The summed E-state index contributed by atoms with van der Waals surface area (Å²) in [5, 5.41) is 26.9. The van der Waals surface area contributed by atoms with Crippen LogP contribution in [0.5, 0.6) is 0 Å². The summed E-state index contributed by atoms with van der Waals surface area (Å²) in [6.07, 6.45) is -5.82. The second-order valence-electron chi connectivity index (χ2n) is 11.0. The number of alkyl halides is 5. The van der Waals surface area contributed by atoms with E-state index in [1.54, 1.807) is 0 Å². The molecule has 1 fully saturated rings. The van der Waals surface area contributed by atoms with Crippen LogP contribution in [0.3, 0.4) is 0 Å². The number of pyridine rings is 1. The van der Waals surface area contributed by atoms with Gasteiger partial charge in [-0.25, -0.2) is 22.8 Å². The molecule has 1 saturated carbocycles. The van der Waals surface area contributed by atoms with E-state index in [2.05, 4.69) is 40.4 Å². The molecule has 0 saturated heterocycles. The molecular formula is C28H23F6N9O2. The molecule has 2 atom stereocenters. The van der Waals surface area contributed by atoms with Gasteiger partial charge in [0.25, 0.3) is 5.91 Å². The zero-order valence-corrected chi connectivity index (χ0v) is 23.4. The van der Waals surface area contributed by atoms with E-state index in [0.29, 0.717) is 0 Å². The van der Waals surface area contributed by atoms with Gasteiger partial charge in [-0.05, 0) is 49.0 Å². The SMILES string of the molecule is Cc1nonc1C(=O)N[C@H](c1nc2c(F)c([C@H](CC(F)(F)F)c3nnc4ccc(C#N)cn34)ccc2[nH]1)C1CCC(F)(F)CC1. The number of aromatic nitrogens is 7. The summed E-state index contributed by atoms with van der Waals surface area (Å²) in [7, 11) is 0. The number of nitrogens with one attached hydrogen (secondary N) is 2. The van der Waals surface area contributed by atoms with Gasteiger partial charge in [0.2, 0.25) is 5.92 Å². The van der Waals surface area contributed by atoms with Crippen LogP contribution in [0.2, 0.25) is 0 Å². The highest BCUT2D eigenvalue weighted by molar-refractivity contribution is 5.93. The van der Waals surface area contributed by atoms with Gasteiger partial charge in [0.05, 0.1) is 29.5 Å². The largest absolute Gasteiger partial charge is 0.390 e. The maximum atomic E-state index is 16.2. The molecule has 234 valence electrons. The molecule has 1 aliphatic carbocycles. The van der Waals surface area contributed by atoms with E-state index in [1.807, 2.05) is 6.07 Å². The van der Waals surface area contributed by atoms with Crippen molar-refractivity contribution in [2.24, 2.45) is 5.92 Å². The number of fused-ring (bicyclic) bond motifs is 2. The Morgan fingerprint density at radius 1 is 1.20 bits per heavy atom. The van der Waals surface area contributed by atoms with Crippen molar-refractivity contribution >= 4 is 22.6 Å². The first-order valence-electron chi connectivity index (χ1n) is 13.8. The van der Waals surface area contributed by atoms with Crippen molar-refractivity contribution < 1.29 is 35.8 Å². The molecule has 0 unspecified atom stereocenters. The van der Waals surface area contributed by atoms with Crippen LogP contribution >= 0.6 is 0 Å². The fourth-order valence-corrected chi connectivity index (χ4v) is 5.73. The third-order valence-corrected chi connectivity index (χ3v) is 8.00. The Bertz CT molecular complexity index is 1930. The Hall–Kier alpha value is -5.01. The van der Waals surface area contributed by atoms with Gasteiger partial charge in [-0.3, -0.25) is 9.20 Å². The van der Waals surface area contributed by atoms with Crippen LogP contribution in [0.1, 0.15) is 83.0 Å². The molecular weight excluding hydrogens is 608 g/mol. The molecule has 11 nitrogen and oxygen atoms in total. The molecule has 0 radical (unpaired) electrons. The van der Waals surface area contributed by atoms with Gasteiger partial charge in [-0.2, -0.15) is 18.4 Å². The molecule has 45 heavy (non-hydrogen) atoms. The first kappa shape index (κ1) is 30.0. The fourth-order valence-electron chi connectivity index (χ4n) is 5.73. The fraction of sp³-hybridized carbons (Fsp3) is 0.393. The van der Waals surface area contributed by atoms with Crippen LogP contribution in [-0.2, 0) is 0 Å². The van der Waals surface area contributed by atoms with E-state index in [1.165, 1.54) is 41.8 Å². The third kappa shape index (κ3) is 5.91. The molecule has 1 amide bonds. The number of carbonyl (C=O) groups is 1. The number of halogens is 6. The summed E-state index contributed by atoms with van der Waals surface area (Å²) in [5.41, 5.74) is -0.255. The average Bonchev–Trinajstić information content (AvgIpc) is 3.73. The molecule has 4 aromatic heterocycles. The lowest BCUT2D eigenvalue weighted by atomic mass is 9.81. The average molecular weight is 632 g/mol. The van der Waals surface area contributed by atoms with Crippen molar-refractivity contribution in [2.45, 2.75) is 63.1 Å². The number of carbonyl (C=O) groups excluding carboxylic acids is 1. The number of hydrogen-bond acceptors (Lipinski definition) is 8. The summed E-state index contributed by atoms with van der Waals surface area (Å²) in [4.78, 5) is 20.3. The molecule has 0 bridgehead atoms. The Kier molecular flexibility index (Phi) is 7.45. The van der Waals surface area contributed by atoms with E-state index in [9.17, 15) is 32.0 Å². The summed E-state index contributed by atoms with van der Waals surface area (Å²) >= 11 is 0. The monoisotopic (exact) mass is 631 g/mol. The Morgan fingerprint density at radius 2 is 1.96 bits per heavy atom. The Labute approximate surface area is 249 Å². The maximum absolute atomic E-state index is 16.2. The number of hydrogen-bond donors (Lipinski definition) is 2. The highest BCUT2D eigenvalue weighted by Crippen LogP contribution is 2.42. The van der Waals surface area contributed by atoms with E-state index in [0.717, 1.165) is 0 Å². The van der Waals surface area contributed by atoms with Crippen LogP contribution < -0.4 is 5.32 Å². The second-order valence-corrected chi connectivity index (χ2v) is 11.0. The molecule has 2 N–H and O–H groups in total. The van der Waals surface area contributed by atoms with Gasteiger partial charge < -0.3 is 10.3 Å². The van der Waals surface area contributed by atoms with E-state index >= 15 is 4.39 Å². The number of amides is 1. The number of nitriles is 1. The van der Waals surface area contributed by atoms with E-state index in [-0.39, 0.29) is 63.7 Å². The molecule has 0 spiro atoms. The van der Waals surface area contributed by atoms with Crippen molar-refractivity contribution in [2.75, 3.05) is 0 Å². The van der Waals surface area contributed by atoms with Gasteiger partial charge in [0, 0.05) is 24.6 Å². The summed E-state index contributed by atoms with van der Waals surface area (Å²) in [6.45, 7) is 1.48. The van der Waals surface area contributed by atoms with Crippen molar-refractivity contribution in [3.05, 3.63) is 70.4 Å². The number of aryl methyl sites for hydroxylation is 1. The summed E-state index contributed by atoms with van der Waals surface area (Å²) in [5.74, 6) is -7.09. The van der Waals surface area contributed by atoms with Gasteiger partial charge >= 0.3 is 6.18 Å². The molecule has 1 aromatic carbocycles. The van der Waals surface area contributed by atoms with Crippen molar-refractivity contribution in [3.63, 3.8) is 0 Å². The molecule has 17 heteroatoms. The zero-order chi connectivity index (χ0) is 32.1. The number of rotatable bonds is 7. The normalized spacial score (nSPS) is 16.9. The predicted octanol–water partition coefficient (Wildman–Crippen LogP) is 5.69. The van der Waals surface area contributed by atoms with Crippen LogP contribution in [0.25, 0.3) is 16.7 Å². The van der Waals surface area contributed by atoms with Crippen LogP contribution in [-0.4, -0.2) is 52.9 Å². The topological polar surface area (TPSA) is 151 Å². The predicted molar refractivity (Wildman–Crippen MR) is 142 cm³/mol. The first-order chi connectivity index (χ1) is 21.3. The van der Waals surface area contributed by atoms with Gasteiger partial charge in [0.1, 0.15) is 28.9 Å². The Balaban J connectivity index is 1.42. The highest BCUT2D eigenvalue weighted by Gasteiger charge is 2.41. The number of imidazole rings is 1. The lowest BCUT2D eigenvalue weighted by Gasteiger charge is -2.33. The van der Waals surface area contributed by atoms with Crippen LogP contribution in [0, 0.1) is 30.0 Å². The minimum atomic E-state index is -4.74. The van der Waals surface area contributed by atoms with Gasteiger partial charge in [-0.15, -0.1) is 10.2 Å². The van der Waals surface area contributed by atoms with Crippen molar-refractivity contribution in [3.8, 4) is 6.07 Å². The number of benzene rings is 1. The van der Waals surface area contributed by atoms with Crippen LogP contribution in [0.15, 0.2) is 35.1 Å². The second kappa shape index (κ2) is 11.2. The van der Waals surface area contributed by atoms with Gasteiger partial charge in [-0.1, -0.05) is 11.2 Å². The minimum absolute atomic E-state index is 0.0110. The highest BCUT2D eigenvalue weighted by atomic mass is 19.4. The van der Waals surface area contributed by atoms with E-state index < -0.39 is 61.0 Å². The molecule has 6 rings (SSSR count). The maximum Gasteiger partial charge on any atom is 0.390 e. The molecule has 0 aliphatic heterocycles. The standard InChI is InChI=1S/C28H23F6N9O2/c1-13-21(42-45-41-13)26(44)38-22(15-6-8-27(30,31)9-7-15)24-36-18-4-3-16(20(29)23(18)37-24)17(10-28(32,33)34)25-40-39-19-5-2-14(11-35)12-43(19)25/h2-5,12,15,17,22H,6-10H2,1H3,(H,36,37)(H,38,44)/t17-,22-/m0/s1. The smallest absolute Gasteiger partial charge is 0.340 e. The number of nitrogens with zero attached hydrogens (tertiary/aromatic N) is 7. The van der Waals surface area contributed by atoms with Gasteiger partial charge in [0.15, 0.2) is 17.2 Å². The Morgan fingerprint density at radius 3 is 2.62 bits per heavy atom. The molecule has 5 aromatic rings. The van der Waals surface area contributed by atoms with Crippen molar-refractivity contribution in [1.29, 1.82) is 5.26 Å². The molecule has 1 aliphatic rings. The lowest BCUT2D eigenvalue weighted by molar-refractivity contribution is -0.137. The third-order valence-electron chi connectivity index (χ3n) is 8.00. The first-order valence-corrected chi connectivity index (χ1v) is 13.8. The van der Waals surface area contributed by atoms with E-state index in [4.69, 9.17) is 0 Å². The minimum Gasteiger partial charge on any atom is -0.340 e. The lowest BCUT2D eigenvalue weighted by Crippen LogP contribution is -2.38. The summed E-state index contributed by atoms with van der Waals surface area (Å²) in [6, 6.07) is 6.24. The zero-order valence-electron chi connectivity index (χ0n) is 23.4. The number of aromatic amines is 1. The molecule has 4 heterocycles. The van der Waals surface area contributed by atoms with Crippen LogP contribution in [0.4, 0.5) is 26.3 Å². The van der Waals surface area contributed by atoms with Crippen molar-refractivity contribution in [1.82, 2.24) is 40.2 Å².